The maximum atomic E-state index is 9.94. The van der Waals surface area contributed by atoms with E-state index in [1.807, 2.05) is 0 Å². The summed E-state index contributed by atoms with van der Waals surface area (Å²) in [5, 5.41) is 13.4. The third-order valence-corrected chi connectivity index (χ3v) is 5.07. The molecule has 3 nitrogen and oxygen atoms in total. The Kier molecular flexibility index (Phi) is 4.51. The molecule has 116 valence electrons. The van der Waals surface area contributed by atoms with Gasteiger partial charge in [-0.2, -0.15) is 0 Å². The molecule has 2 aliphatic heterocycles. The minimum atomic E-state index is -0.0858. The van der Waals surface area contributed by atoms with Crippen LogP contribution in [0.5, 0.6) is 0 Å². The van der Waals surface area contributed by atoms with Crippen molar-refractivity contribution in [1.82, 2.24) is 5.32 Å². The van der Waals surface area contributed by atoms with Crippen LogP contribution in [0.25, 0.3) is 0 Å². The summed E-state index contributed by atoms with van der Waals surface area (Å²) in [6.45, 7) is 6.46. The van der Waals surface area contributed by atoms with E-state index in [9.17, 15) is 5.11 Å². The van der Waals surface area contributed by atoms with Gasteiger partial charge in [0.15, 0.2) is 0 Å². The average molecular weight is 288 g/mol. The van der Waals surface area contributed by atoms with Gasteiger partial charge in [-0.05, 0) is 68.8 Å². The van der Waals surface area contributed by atoms with Gasteiger partial charge in [0.05, 0.1) is 6.10 Å². The van der Waals surface area contributed by atoms with Crippen LogP contribution < -0.4 is 10.2 Å². The van der Waals surface area contributed by atoms with Crippen molar-refractivity contribution in [2.45, 2.75) is 70.7 Å². The van der Waals surface area contributed by atoms with E-state index in [1.54, 1.807) is 0 Å². The molecule has 0 spiro atoms. The third-order valence-electron chi connectivity index (χ3n) is 5.07. The Morgan fingerprint density at radius 1 is 1.24 bits per heavy atom. The number of nitrogens with zero attached hydrogens (tertiary/aromatic N) is 1. The van der Waals surface area contributed by atoms with Crippen LogP contribution in [-0.4, -0.2) is 29.8 Å². The summed E-state index contributed by atoms with van der Waals surface area (Å²) >= 11 is 0. The van der Waals surface area contributed by atoms with Gasteiger partial charge < -0.3 is 15.3 Å². The van der Waals surface area contributed by atoms with Crippen LogP contribution in [0.3, 0.4) is 0 Å². The number of rotatable bonds is 5. The molecule has 2 fully saturated rings. The number of piperidine rings is 1. The molecule has 21 heavy (non-hydrogen) atoms. The normalized spacial score (nSPS) is 28.1. The molecule has 2 aliphatic rings. The van der Waals surface area contributed by atoms with Crippen LogP contribution >= 0.6 is 0 Å². The molecule has 3 heteroatoms. The Morgan fingerprint density at radius 3 is 2.57 bits per heavy atom. The monoisotopic (exact) mass is 288 g/mol. The largest absolute Gasteiger partial charge is 0.393 e. The quantitative estimate of drug-likeness (QED) is 0.818. The Bertz CT molecular complexity index is 474. The maximum Gasteiger partial charge on any atom is 0.0579 e. The smallest absolute Gasteiger partial charge is 0.0579 e. The van der Waals surface area contributed by atoms with Gasteiger partial charge in [0, 0.05) is 24.3 Å². The van der Waals surface area contributed by atoms with Crippen molar-refractivity contribution in [3.05, 3.63) is 29.3 Å². The van der Waals surface area contributed by atoms with E-state index >= 15 is 0 Å². The molecule has 0 saturated carbocycles. The van der Waals surface area contributed by atoms with Crippen molar-refractivity contribution in [2.24, 2.45) is 0 Å². The summed E-state index contributed by atoms with van der Waals surface area (Å²) in [7, 11) is 0. The molecular formula is C18H28N2O. The van der Waals surface area contributed by atoms with Gasteiger partial charge in [-0.1, -0.05) is 13.0 Å². The van der Waals surface area contributed by atoms with E-state index in [2.05, 4.69) is 42.3 Å². The van der Waals surface area contributed by atoms with Crippen molar-refractivity contribution in [3.8, 4) is 0 Å². The number of benzene rings is 1. The summed E-state index contributed by atoms with van der Waals surface area (Å²) in [4.78, 5) is 2.57. The molecular weight excluding hydrogens is 260 g/mol. The lowest BCUT2D eigenvalue weighted by molar-refractivity contribution is 0.126. The van der Waals surface area contributed by atoms with Crippen molar-refractivity contribution in [3.63, 3.8) is 0 Å². The van der Waals surface area contributed by atoms with Crippen LogP contribution in [0.4, 0.5) is 5.69 Å². The van der Waals surface area contributed by atoms with E-state index < -0.39 is 0 Å². The lowest BCUT2D eigenvalue weighted by atomic mass is 9.98. The van der Waals surface area contributed by atoms with Crippen LogP contribution in [-0.2, 0) is 6.54 Å². The highest BCUT2D eigenvalue weighted by Crippen LogP contribution is 2.39. The van der Waals surface area contributed by atoms with E-state index in [0.29, 0.717) is 12.1 Å². The predicted molar refractivity (Wildman–Crippen MR) is 87.7 cm³/mol. The zero-order valence-electron chi connectivity index (χ0n) is 13.3. The van der Waals surface area contributed by atoms with E-state index in [1.165, 1.54) is 36.1 Å². The van der Waals surface area contributed by atoms with Crippen molar-refractivity contribution in [1.29, 1.82) is 0 Å². The summed E-state index contributed by atoms with van der Waals surface area (Å²) in [6, 6.07) is 7.98. The highest BCUT2D eigenvalue weighted by Gasteiger charge is 2.40. The standard InChI is InChI=1S/C18H28N2O/c1-3-8-19-12-14-4-5-15(9-13(14)2)20-16-6-7-17(20)11-18(21)10-16/h4-5,9,16-19,21H,3,6-8,10-12H2,1-2H3. The fourth-order valence-electron chi connectivity index (χ4n) is 4.01. The third kappa shape index (κ3) is 3.09. The van der Waals surface area contributed by atoms with Gasteiger partial charge in [0.2, 0.25) is 0 Å². The minimum absolute atomic E-state index is 0.0858. The molecule has 0 aliphatic carbocycles. The number of aryl methyl sites for hydroxylation is 1. The molecule has 2 N–H and O–H groups in total. The van der Waals surface area contributed by atoms with Gasteiger partial charge in [0.25, 0.3) is 0 Å². The molecule has 3 rings (SSSR count). The second kappa shape index (κ2) is 6.37. The Balaban J connectivity index is 1.73. The zero-order valence-corrected chi connectivity index (χ0v) is 13.3. The Labute approximate surface area is 128 Å². The number of hydrogen-bond donors (Lipinski definition) is 2. The van der Waals surface area contributed by atoms with Crippen LogP contribution in [0.2, 0.25) is 0 Å². The van der Waals surface area contributed by atoms with Crippen LogP contribution in [0.15, 0.2) is 18.2 Å². The SMILES string of the molecule is CCCNCc1ccc(N2C3CCC2CC(O)C3)cc1C. The summed E-state index contributed by atoms with van der Waals surface area (Å²) in [5.74, 6) is 0. The number of fused-ring (bicyclic) bond motifs is 2. The lowest BCUT2D eigenvalue weighted by Crippen LogP contribution is -2.44. The van der Waals surface area contributed by atoms with Crippen LogP contribution in [0, 0.1) is 6.92 Å². The van der Waals surface area contributed by atoms with Crippen molar-refractivity contribution in [2.75, 3.05) is 11.4 Å². The second-order valence-corrected chi connectivity index (χ2v) is 6.71. The number of aliphatic hydroxyl groups excluding tert-OH is 1. The predicted octanol–water partition coefficient (Wildman–Crippen LogP) is 2.99. The first-order chi connectivity index (χ1) is 10.2. The number of anilines is 1. The molecule has 0 aromatic heterocycles. The first kappa shape index (κ1) is 14.9. The molecule has 1 aromatic rings. The number of nitrogens with one attached hydrogen (secondary N) is 1. The summed E-state index contributed by atoms with van der Waals surface area (Å²) in [6.07, 6.45) is 5.44. The summed E-state index contributed by atoms with van der Waals surface area (Å²) < 4.78 is 0. The van der Waals surface area contributed by atoms with E-state index in [0.717, 1.165) is 25.9 Å². The highest BCUT2D eigenvalue weighted by molar-refractivity contribution is 5.54. The van der Waals surface area contributed by atoms with Crippen LogP contribution in [0.1, 0.15) is 50.2 Å². The fourth-order valence-corrected chi connectivity index (χ4v) is 4.01. The zero-order chi connectivity index (χ0) is 14.8. The molecule has 2 bridgehead atoms. The Morgan fingerprint density at radius 2 is 1.95 bits per heavy atom. The molecule has 0 radical (unpaired) electrons. The summed E-state index contributed by atoms with van der Waals surface area (Å²) in [5.41, 5.74) is 4.13. The minimum Gasteiger partial charge on any atom is -0.393 e. The van der Waals surface area contributed by atoms with Gasteiger partial charge >= 0.3 is 0 Å². The van der Waals surface area contributed by atoms with Gasteiger partial charge in [-0.15, -0.1) is 0 Å². The average Bonchev–Trinajstić information content (AvgIpc) is 2.73. The van der Waals surface area contributed by atoms with E-state index in [4.69, 9.17) is 0 Å². The number of aliphatic hydroxyl groups is 1. The van der Waals surface area contributed by atoms with Crippen molar-refractivity contribution < 1.29 is 5.11 Å². The molecule has 2 atom stereocenters. The topological polar surface area (TPSA) is 35.5 Å². The highest BCUT2D eigenvalue weighted by atomic mass is 16.3. The molecule has 2 unspecified atom stereocenters. The van der Waals surface area contributed by atoms with Gasteiger partial charge in [0.1, 0.15) is 0 Å². The first-order valence-electron chi connectivity index (χ1n) is 8.45. The van der Waals surface area contributed by atoms with Gasteiger partial charge in [-0.3, -0.25) is 0 Å². The Hall–Kier alpha value is -1.06. The van der Waals surface area contributed by atoms with Crippen molar-refractivity contribution >= 4 is 5.69 Å². The molecule has 2 heterocycles. The first-order valence-corrected chi connectivity index (χ1v) is 8.45. The molecule has 0 amide bonds. The molecule has 1 aromatic carbocycles. The lowest BCUT2D eigenvalue weighted by Gasteiger charge is -2.39. The fraction of sp³-hybridized carbons (Fsp3) is 0.667. The second-order valence-electron chi connectivity index (χ2n) is 6.71. The van der Waals surface area contributed by atoms with Gasteiger partial charge in [-0.25, -0.2) is 0 Å². The molecule has 2 saturated heterocycles. The maximum absolute atomic E-state index is 9.94. The number of hydrogen-bond acceptors (Lipinski definition) is 3. The van der Waals surface area contributed by atoms with E-state index in [-0.39, 0.29) is 6.10 Å².